The first-order chi connectivity index (χ1) is 8.74. The van der Waals surface area contributed by atoms with E-state index in [0.717, 1.165) is 33.5 Å². The van der Waals surface area contributed by atoms with Crippen LogP contribution < -0.4 is 4.74 Å². The third-order valence-electron chi connectivity index (χ3n) is 3.19. The van der Waals surface area contributed by atoms with Gasteiger partial charge in [0, 0.05) is 9.99 Å². The van der Waals surface area contributed by atoms with Crippen LogP contribution in [0, 0.1) is 3.57 Å². The van der Waals surface area contributed by atoms with Crippen LogP contribution in [0.5, 0.6) is 5.75 Å². The van der Waals surface area contributed by atoms with Gasteiger partial charge in [-0.3, -0.25) is 0 Å². The zero-order valence-electron chi connectivity index (χ0n) is 9.77. The molecule has 3 rings (SSSR count). The van der Waals surface area contributed by atoms with Gasteiger partial charge in [0.25, 0.3) is 0 Å². The highest BCUT2D eigenvalue weighted by Gasteiger charge is 2.16. The van der Waals surface area contributed by atoms with Gasteiger partial charge in [0.05, 0.1) is 6.61 Å². The van der Waals surface area contributed by atoms with Crippen molar-refractivity contribution in [1.29, 1.82) is 0 Å². The molecule has 0 aromatic heterocycles. The van der Waals surface area contributed by atoms with Crippen molar-refractivity contribution < 1.29 is 9.84 Å². The standard InChI is InChI=1S/C15H13IO2/c16-13-3-1-2-11(9-13)15(17)12-4-5-14-10(8-12)6-7-18-14/h1-5,8-9,15,17H,6-7H2. The summed E-state index contributed by atoms with van der Waals surface area (Å²) in [6, 6.07) is 13.9. The minimum absolute atomic E-state index is 0.564. The maximum absolute atomic E-state index is 10.4. The first-order valence-corrected chi connectivity index (χ1v) is 7.01. The van der Waals surface area contributed by atoms with Crippen molar-refractivity contribution in [3.63, 3.8) is 0 Å². The molecule has 0 saturated heterocycles. The zero-order chi connectivity index (χ0) is 12.5. The lowest BCUT2D eigenvalue weighted by Gasteiger charge is -2.13. The summed E-state index contributed by atoms with van der Waals surface area (Å²) in [5, 5.41) is 10.4. The summed E-state index contributed by atoms with van der Waals surface area (Å²) < 4.78 is 6.61. The molecule has 1 aliphatic rings. The van der Waals surface area contributed by atoms with Crippen LogP contribution in [0.3, 0.4) is 0 Å². The molecule has 0 aliphatic carbocycles. The highest BCUT2D eigenvalue weighted by Crippen LogP contribution is 2.30. The molecule has 2 nitrogen and oxygen atoms in total. The number of rotatable bonds is 2. The maximum Gasteiger partial charge on any atom is 0.122 e. The predicted octanol–water partition coefficient (Wildman–Crippen LogP) is 3.31. The van der Waals surface area contributed by atoms with Crippen LogP contribution >= 0.6 is 22.6 Å². The molecule has 1 N–H and O–H groups in total. The molecular formula is C15H13IO2. The van der Waals surface area contributed by atoms with Gasteiger partial charge in [-0.1, -0.05) is 18.2 Å². The number of hydrogen-bond acceptors (Lipinski definition) is 2. The van der Waals surface area contributed by atoms with Gasteiger partial charge in [-0.05, 0) is 63.5 Å². The number of hydrogen-bond donors (Lipinski definition) is 1. The summed E-state index contributed by atoms with van der Waals surface area (Å²) in [4.78, 5) is 0. The normalized spacial score (nSPS) is 15.0. The minimum Gasteiger partial charge on any atom is -0.493 e. The smallest absolute Gasteiger partial charge is 0.122 e. The fourth-order valence-corrected chi connectivity index (χ4v) is 2.81. The Hall–Kier alpha value is -1.07. The molecule has 2 aromatic carbocycles. The summed E-state index contributed by atoms with van der Waals surface area (Å²) in [6.07, 6.45) is 0.369. The van der Waals surface area contributed by atoms with Crippen molar-refractivity contribution in [2.75, 3.05) is 6.61 Å². The van der Waals surface area contributed by atoms with Gasteiger partial charge < -0.3 is 9.84 Å². The number of ether oxygens (including phenoxy) is 1. The summed E-state index contributed by atoms with van der Waals surface area (Å²) >= 11 is 2.26. The second-order valence-corrected chi connectivity index (χ2v) is 5.67. The number of aliphatic hydroxyl groups is 1. The Balaban J connectivity index is 1.95. The quantitative estimate of drug-likeness (QED) is 0.841. The zero-order valence-corrected chi connectivity index (χ0v) is 11.9. The van der Waals surface area contributed by atoms with E-state index in [9.17, 15) is 5.11 Å². The maximum atomic E-state index is 10.4. The van der Waals surface area contributed by atoms with E-state index in [4.69, 9.17) is 4.74 Å². The van der Waals surface area contributed by atoms with E-state index in [1.54, 1.807) is 0 Å². The van der Waals surface area contributed by atoms with E-state index in [2.05, 4.69) is 22.6 Å². The average Bonchev–Trinajstić information content (AvgIpc) is 2.85. The number of fused-ring (bicyclic) bond motifs is 1. The Bertz CT molecular complexity index is 580. The average molecular weight is 352 g/mol. The Kier molecular flexibility index (Phi) is 3.26. The topological polar surface area (TPSA) is 29.5 Å². The SMILES string of the molecule is OC(c1cccc(I)c1)c1ccc2c(c1)CCO2. The molecule has 0 bridgehead atoms. The van der Waals surface area contributed by atoms with Gasteiger partial charge in [-0.25, -0.2) is 0 Å². The van der Waals surface area contributed by atoms with E-state index >= 15 is 0 Å². The van der Waals surface area contributed by atoms with Gasteiger partial charge in [0.15, 0.2) is 0 Å². The highest BCUT2D eigenvalue weighted by atomic mass is 127. The van der Waals surface area contributed by atoms with Crippen molar-refractivity contribution in [1.82, 2.24) is 0 Å². The van der Waals surface area contributed by atoms with Crippen LogP contribution in [0.15, 0.2) is 42.5 Å². The van der Waals surface area contributed by atoms with Gasteiger partial charge in [-0.2, -0.15) is 0 Å². The summed E-state index contributed by atoms with van der Waals surface area (Å²) in [6.45, 7) is 0.748. The molecule has 0 amide bonds. The lowest BCUT2D eigenvalue weighted by molar-refractivity contribution is 0.220. The van der Waals surface area contributed by atoms with Crippen LogP contribution in [0.2, 0.25) is 0 Å². The van der Waals surface area contributed by atoms with Crippen molar-refractivity contribution >= 4 is 22.6 Å². The van der Waals surface area contributed by atoms with E-state index < -0.39 is 6.10 Å². The van der Waals surface area contributed by atoms with Crippen LogP contribution in [-0.2, 0) is 6.42 Å². The number of halogens is 1. The Labute approximate surface area is 120 Å². The second kappa shape index (κ2) is 4.90. The van der Waals surface area contributed by atoms with Gasteiger partial charge in [0.2, 0.25) is 0 Å². The Morgan fingerprint density at radius 2 is 1.94 bits per heavy atom. The molecule has 2 aromatic rings. The summed E-state index contributed by atoms with van der Waals surface area (Å²) in [5.74, 6) is 0.952. The van der Waals surface area contributed by atoms with Gasteiger partial charge in [-0.15, -0.1) is 0 Å². The minimum atomic E-state index is -0.564. The lowest BCUT2D eigenvalue weighted by atomic mass is 9.99. The molecule has 1 unspecified atom stereocenters. The van der Waals surface area contributed by atoms with E-state index in [-0.39, 0.29) is 0 Å². The van der Waals surface area contributed by atoms with Crippen molar-refractivity contribution in [3.05, 3.63) is 62.7 Å². The monoisotopic (exact) mass is 352 g/mol. The number of aliphatic hydroxyl groups excluding tert-OH is 1. The Morgan fingerprint density at radius 3 is 2.78 bits per heavy atom. The number of benzene rings is 2. The van der Waals surface area contributed by atoms with Gasteiger partial charge >= 0.3 is 0 Å². The van der Waals surface area contributed by atoms with Crippen LogP contribution in [-0.4, -0.2) is 11.7 Å². The third kappa shape index (κ3) is 2.24. The largest absolute Gasteiger partial charge is 0.493 e. The molecule has 18 heavy (non-hydrogen) atoms. The molecule has 3 heteroatoms. The fraction of sp³-hybridized carbons (Fsp3) is 0.200. The summed E-state index contributed by atoms with van der Waals surface area (Å²) in [5.41, 5.74) is 3.05. The molecular weight excluding hydrogens is 339 g/mol. The predicted molar refractivity (Wildman–Crippen MR) is 78.9 cm³/mol. The second-order valence-electron chi connectivity index (χ2n) is 4.42. The fourth-order valence-electron chi connectivity index (χ4n) is 2.25. The Morgan fingerprint density at radius 1 is 1.11 bits per heavy atom. The molecule has 1 atom stereocenters. The van der Waals surface area contributed by atoms with E-state index in [1.165, 1.54) is 5.56 Å². The van der Waals surface area contributed by atoms with Crippen LogP contribution in [0.4, 0.5) is 0 Å². The van der Waals surface area contributed by atoms with Crippen molar-refractivity contribution in [2.24, 2.45) is 0 Å². The first-order valence-electron chi connectivity index (χ1n) is 5.93. The third-order valence-corrected chi connectivity index (χ3v) is 3.86. The van der Waals surface area contributed by atoms with E-state index in [1.807, 2.05) is 42.5 Å². The van der Waals surface area contributed by atoms with Gasteiger partial charge in [0.1, 0.15) is 11.9 Å². The van der Waals surface area contributed by atoms with Crippen molar-refractivity contribution in [2.45, 2.75) is 12.5 Å². The molecule has 1 aliphatic heterocycles. The molecule has 0 fully saturated rings. The van der Waals surface area contributed by atoms with Crippen molar-refractivity contribution in [3.8, 4) is 5.75 Å². The van der Waals surface area contributed by atoms with E-state index in [0.29, 0.717) is 0 Å². The van der Waals surface area contributed by atoms with Crippen LogP contribution in [0.1, 0.15) is 22.8 Å². The first kappa shape index (κ1) is 12.0. The molecule has 1 heterocycles. The summed E-state index contributed by atoms with van der Waals surface area (Å²) in [7, 11) is 0. The van der Waals surface area contributed by atoms with Crippen LogP contribution in [0.25, 0.3) is 0 Å². The molecule has 0 saturated carbocycles. The molecule has 92 valence electrons. The lowest BCUT2D eigenvalue weighted by Crippen LogP contribution is -2.00. The molecule has 0 spiro atoms. The molecule has 0 radical (unpaired) electrons. The highest BCUT2D eigenvalue weighted by molar-refractivity contribution is 14.1.